The zero-order valence-corrected chi connectivity index (χ0v) is 5.17. The van der Waals surface area contributed by atoms with Crippen LogP contribution in [-0.4, -0.2) is 17.4 Å². The highest BCUT2D eigenvalue weighted by atomic mass is 31.0. The van der Waals surface area contributed by atoms with Gasteiger partial charge in [0.2, 0.25) is 0 Å². The summed E-state index contributed by atoms with van der Waals surface area (Å²) in [6.07, 6.45) is 1.77. The Kier molecular flexibility index (Phi) is 3.81. The van der Waals surface area contributed by atoms with E-state index in [9.17, 15) is 0 Å². The summed E-state index contributed by atoms with van der Waals surface area (Å²) in [5, 5.41) is 8.54. The second-order valence-electron chi connectivity index (χ2n) is 1.43. The summed E-state index contributed by atoms with van der Waals surface area (Å²) >= 11 is 0. The molecule has 1 nitrogen and oxygen atoms in total. The summed E-state index contributed by atoms with van der Waals surface area (Å²) in [7, 11) is 2.56. The fourth-order valence-corrected chi connectivity index (χ4v) is 0.724. The fourth-order valence-electron chi connectivity index (χ4n) is 0.241. The van der Waals surface area contributed by atoms with Gasteiger partial charge in [0.25, 0.3) is 0 Å². The van der Waals surface area contributed by atoms with Crippen LogP contribution >= 0.6 is 9.24 Å². The first kappa shape index (κ1) is 6.39. The maximum Gasteiger partial charge on any atom is 0.0515 e. The van der Waals surface area contributed by atoms with E-state index in [0.717, 1.165) is 12.6 Å². The number of aliphatic hydroxyl groups excluding tert-OH is 1. The molecule has 0 aliphatic carbocycles. The van der Waals surface area contributed by atoms with Crippen LogP contribution in [0.3, 0.4) is 0 Å². The summed E-state index contributed by atoms with van der Waals surface area (Å²) in [5.74, 6) is 0. The summed E-state index contributed by atoms with van der Waals surface area (Å²) in [6.45, 7) is 1.80. The molecule has 0 heterocycles. The van der Waals surface area contributed by atoms with Crippen LogP contribution in [0.1, 0.15) is 13.3 Å². The van der Waals surface area contributed by atoms with E-state index in [1.807, 2.05) is 0 Å². The molecule has 0 aliphatic rings. The third-order valence-corrected chi connectivity index (χ3v) is 0.918. The van der Waals surface area contributed by atoms with Crippen LogP contribution in [-0.2, 0) is 0 Å². The molecule has 0 bridgehead atoms. The van der Waals surface area contributed by atoms with E-state index in [4.69, 9.17) is 5.11 Å². The topological polar surface area (TPSA) is 20.2 Å². The zero-order chi connectivity index (χ0) is 4.99. The van der Waals surface area contributed by atoms with Crippen molar-refractivity contribution in [3.05, 3.63) is 0 Å². The van der Waals surface area contributed by atoms with Crippen molar-refractivity contribution in [1.82, 2.24) is 0 Å². The van der Waals surface area contributed by atoms with Gasteiger partial charge in [-0.3, -0.25) is 0 Å². The molecule has 0 aromatic carbocycles. The predicted molar refractivity (Wildman–Crippen MR) is 30.9 cm³/mol. The first-order valence-corrected chi connectivity index (χ1v) is 2.97. The quantitative estimate of drug-likeness (QED) is 0.512. The SMILES string of the molecule is CC(O)CCP. The average molecular weight is 106 g/mol. The largest absolute Gasteiger partial charge is 0.393 e. The van der Waals surface area contributed by atoms with Crippen molar-refractivity contribution >= 4 is 9.24 Å². The van der Waals surface area contributed by atoms with Crippen LogP contribution in [0.4, 0.5) is 0 Å². The van der Waals surface area contributed by atoms with Crippen LogP contribution in [0.5, 0.6) is 0 Å². The van der Waals surface area contributed by atoms with Crippen LogP contribution in [0.15, 0.2) is 0 Å². The molecule has 1 N–H and O–H groups in total. The standard InChI is InChI=1S/C4H11OP/c1-4(5)2-3-6/h4-5H,2-3,6H2,1H3. The summed E-state index contributed by atoms with van der Waals surface area (Å²) in [4.78, 5) is 0. The molecular formula is C4H11OP. The third kappa shape index (κ3) is 4.39. The van der Waals surface area contributed by atoms with Gasteiger partial charge >= 0.3 is 0 Å². The lowest BCUT2D eigenvalue weighted by Crippen LogP contribution is -1.97. The number of rotatable bonds is 2. The van der Waals surface area contributed by atoms with Crippen molar-refractivity contribution in [2.24, 2.45) is 0 Å². The molecule has 0 saturated heterocycles. The lowest BCUT2D eigenvalue weighted by atomic mass is 10.3. The molecule has 38 valence electrons. The van der Waals surface area contributed by atoms with Gasteiger partial charge in [-0.2, -0.15) is 0 Å². The minimum atomic E-state index is -0.123. The number of hydrogen-bond donors (Lipinski definition) is 1. The molecule has 0 aromatic heterocycles. The van der Waals surface area contributed by atoms with Gasteiger partial charge in [0.1, 0.15) is 0 Å². The zero-order valence-electron chi connectivity index (χ0n) is 4.02. The second-order valence-corrected chi connectivity index (χ2v) is 2.00. The van der Waals surface area contributed by atoms with Gasteiger partial charge in [-0.25, -0.2) is 0 Å². The maximum atomic E-state index is 8.54. The molecule has 2 atom stereocenters. The monoisotopic (exact) mass is 106 g/mol. The van der Waals surface area contributed by atoms with Gasteiger partial charge in [0.05, 0.1) is 6.10 Å². The molecule has 2 unspecified atom stereocenters. The number of hydrogen-bond acceptors (Lipinski definition) is 1. The molecule has 0 saturated carbocycles. The van der Waals surface area contributed by atoms with Crippen LogP contribution < -0.4 is 0 Å². The Hall–Kier alpha value is 0.390. The van der Waals surface area contributed by atoms with Crippen LogP contribution in [0, 0.1) is 0 Å². The van der Waals surface area contributed by atoms with Crippen molar-refractivity contribution in [2.75, 3.05) is 6.16 Å². The fraction of sp³-hybridized carbons (Fsp3) is 1.00. The molecular weight excluding hydrogens is 95.0 g/mol. The van der Waals surface area contributed by atoms with Gasteiger partial charge in [-0.15, -0.1) is 9.24 Å². The molecule has 0 aromatic rings. The van der Waals surface area contributed by atoms with E-state index in [-0.39, 0.29) is 6.10 Å². The smallest absolute Gasteiger partial charge is 0.0515 e. The Bertz CT molecular complexity index is 28.7. The Morgan fingerprint density at radius 2 is 2.33 bits per heavy atom. The first-order chi connectivity index (χ1) is 2.77. The molecule has 0 fully saturated rings. The van der Waals surface area contributed by atoms with E-state index >= 15 is 0 Å². The summed E-state index contributed by atoms with van der Waals surface area (Å²) in [6, 6.07) is 0. The molecule has 0 spiro atoms. The van der Waals surface area contributed by atoms with Crippen molar-refractivity contribution in [3.63, 3.8) is 0 Å². The molecule has 0 radical (unpaired) electrons. The average Bonchev–Trinajstić information content (AvgIpc) is 1.35. The molecule has 0 rings (SSSR count). The Labute approximate surface area is 41.0 Å². The lowest BCUT2D eigenvalue weighted by molar-refractivity contribution is 0.192. The third-order valence-electron chi connectivity index (χ3n) is 0.584. The highest BCUT2D eigenvalue weighted by Gasteiger charge is 1.87. The Morgan fingerprint density at radius 3 is 2.33 bits per heavy atom. The van der Waals surface area contributed by atoms with Gasteiger partial charge in [-0.1, -0.05) is 0 Å². The van der Waals surface area contributed by atoms with E-state index in [0.29, 0.717) is 0 Å². The van der Waals surface area contributed by atoms with Crippen molar-refractivity contribution in [3.8, 4) is 0 Å². The molecule has 0 amide bonds. The molecule has 2 heteroatoms. The first-order valence-electron chi connectivity index (χ1n) is 2.15. The predicted octanol–water partition coefficient (Wildman–Crippen LogP) is 0.632. The Balaban J connectivity index is 2.63. The van der Waals surface area contributed by atoms with E-state index in [1.54, 1.807) is 6.92 Å². The highest BCUT2D eigenvalue weighted by Crippen LogP contribution is 1.92. The molecule has 6 heavy (non-hydrogen) atoms. The van der Waals surface area contributed by atoms with Gasteiger partial charge in [0.15, 0.2) is 0 Å². The number of aliphatic hydroxyl groups is 1. The lowest BCUT2D eigenvalue weighted by Gasteiger charge is -1.95. The van der Waals surface area contributed by atoms with Crippen molar-refractivity contribution in [1.29, 1.82) is 0 Å². The normalized spacial score (nSPS) is 14.5. The van der Waals surface area contributed by atoms with E-state index in [2.05, 4.69) is 9.24 Å². The minimum Gasteiger partial charge on any atom is -0.393 e. The maximum absolute atomic E-state index is 8.54. The minimum absolute atomic E-state index is 0.123. The van der Waals surface area contributed by atoms with Gasteiger partial charge in [-0.05, 0) is 19.5 Å². The van der Waals surface area contributed by atoms with Gasteiger partial charge < -0.3 is 5.11 Å². The van der Waals surface area contributed by atoms with Crippen molar-refractivity contribution in [2.45, 2.75) is 19.4 Å². The van der Waals surface area contributed by atoms with E-state index < -0.39 is 0 Å². The molecule has 0 aliphatic heterocycles. The van der Waals surface area contributed by atoms with Crippen LogP contribution in [0.25, 0.3) is 0 Å². The Morgan fingerprint density at radius 1 is 1.83 bits per heavy atom. The van der Waals surface area contributed by atoms with Crippen LogP contribution in [0.2, 0.25) is 0 Å². The van der Waals surface area contributed by atoms with Gasteiger partial charge in [0, 0.05) is 0 Å². The highest BCUT2D eigenvalue weighted by molar-refractivity contribution is 7.16. The summed E-state index contributed by atoms with van der Waals surface area (Å²) < 4.78 is 0. The van der Waals surface area contributed by atoms with E-state index in [1.165, 1.54) is 0 Å². The second kappa shape index (κ2) is 3.58. The summed E-state index contributed by atoms with van der Waals surface area (Å²) in [5.41, 5.74) is 0. The van der Waals surface area contributed by atoms with Crippen molar-refractivity contribution < 1.29 is 5.11 Å².